The molecule has 1 aromatic heterocycles. The summed E-state index contributed by atoms with van der Waals surface area (Å²) in [6.45, 7) is 3.37. The molecule has 1 atom stereocenters. The molecule has 0 bridgehead atoms. The third kappa shape index (κ3) is 3.24. The van der Waals surface area contributed by atoms with Crippen LogP contribution in [0.15, 0.2) is 43.0 Å². The third-order valence-electron chi connectivity index (χ3n) is 2.48. The van der Waals surface area contributed by atoms with Gasteiger partial charge in [0.25, 0.3) is 0 Å². The molecule has 3 nitrogen and oxygen atoms in total. The minimum atomic E-state index is -0.0557. The van der Waals surface area contributed by atoms with Crippen LogP contribution in [0.3, 0.4) is 0 Å². The van der Waals surface area contributed by atoms with Crippen molar-refractivity contribution in [2.24, 2.45) is 0 Å². The van der Waals surface area contributed by atoms with E-state index in [-0.39, 0.29) is 5.38 Å². The van der Waals surface area contributed by atoms with E-state index < -0.39 is 0 Å². The molecule has 0 spiro atoms. The lowest BCUT2D eigenvalue weighted by molar-refractivity contribution is 0.340. The smallest absolute Gasteiger partial charge is 0.119 e. The van der Waals surface area contributed by atoms with Crippen molar-refractivity contribution in [1.82, 2.24) is 9.55 Å². The van der Waals surface area contributed by atoms with Crippen molar-refractivity contribution in [3.63, 3.8) is 0 Å². The summed E-state index contributed by atoms with van der Waals surface area (Å²) < 4.78 is 7.35. The number of hydrogen-bond acceptors (Lipinski definition) is 2. The number of alkyl halides is 1. The molecule has 0 aliphatic heterocycles. The first-order valence-corrected chi connectivity index (χ1v) is 6.06. The maximum atomic E-state index is 6.34. The van der Waals surface area contributed by atoms with Gasteiger partial charge in [0.1, 0.15) is 5.75 Å². The Balaban J connectivity index is 2.01. The zero-order chi connectivity index (χ0) is 12.1. The monoisotopic (exact) mass is 250 g/mol. The summed E-state index contributed by atoms with van der Waals surface area (Å²) in [6.07, 6.45) is 5.43. The van der Waals surface area contributed by atoms with E-state index in [1.54, 1.807) is 12.5 Å². The fourth-order valence-corrected chi connectivity index (χ4v) is 1.93. The molecular formula is C13H15ClN2O. The Kier molecular flexibility index (Phi) is 4.04. The fourth-order valence-electron chi connectivity index (χ4n) is 1.62. The Labute approximate surface area is 106 Å². The van der Waals surface area contributed by atoms with Gasteiger partial charge < -0.3 is 9.30 Å². The number of hydrogen-bond donors (Lipinski definition) is 0. The lowest BCUT2D eigenvalue weighted by Gasteiger charge is -2.11. The van der Waals surface area contributed by atoms with E-state index in [4.69, 9.17) is 16.3 Å². The zero-order valence-corrected chi connectivity index (χ0v) is 10.5. The van der Waals surface area contributed by atoms with Gasteiger partial charge in [0.15, 0.2) is 0 Å². The highest BCUT2D eigenvalue weighted by molar-refractivity contribution is 6.20. The molecule has 4 heteroatoms. The van der Waals surface area contributed by atoms with Gasteiger partial charge in [0.2, 0.25) is 0 Å². The van der Waals surface area contributed by atoms with Crippen LogP contribution in [0.1, 0.15) is 17.9 Å². The Bertz CT molecular complexity index is 439. The Hall–Kier alpha value is -1.48. The molecule has 0 aliphatic carbocycles. The van der Waals surface area contributed by atoms with Crippen molar-refractivity contribution >= 4 is 11.6 Å². The normalized spacial score (nSPS) is 12.4. The second-order valence-corrected chi connectivity index (χ2v) is 4.26. The van der Waals surface area contributed by atoms with Crippen molar-refractivity contribution in [3.05, 3.63) is 48.5 Å². The molecule has 1 heterocycles. The molecule has 0 amide bonds. The highest BCUT2D eigenvalue weighted by Crippen LogP contribution is 2.24. The van der Waals surface area contributed by atoms with Crippen LogP contribution >= 0.6 is 11.6 Å². The van der Waals surface area contributed by atoms with E-state index in [9.17, 15) is 0 Å². The van der Waals surface area contributed by atoms with Crippen LogP contribution < -0.4 is 4.74 Å². The largest absolute Gasteiger partial charge is 0.494 e. The van der Waals surface area contributed by atoms with Crippen molar-refractivity contribution in [3.8, 4) is 5.75 Å². The Morgan fingerprint density at radius 3 is 2.71 bits per heavy atom. The summed E-state index contributed by atoms with van der Waals surface area (Å²) >= 11 is 6.34. The number of rotatable bonds is 5. The van der Waals surface area contributed by atoms with E-state index in [1.807, 2.05) is 42.0 Å². The second kappa shape index (κ2) is 5.73. The number of ether oxygens (including phenoxy) is 1. The summed E-state index contributed by atoms with van der Waals surface area (Å²) in [7, 11) is 0. The molecular weight excluding hydrogens is 236 g/mol. The van der Waals surface area contributed by atoms with Gasteiger partial charge in [-0.2, -0.15) is 0 Å². The average Bonchev–Trinajstić information content (AvgIpc) is 2.83. The highest BCUT2D eigenvalue weighted by atomic mass is 35.5. The quantitative estimate of drug-likeness (QED) is 0.762. The maximum absolute atomic E-state index is 6.34. The molecule has 1 unspecified atom stereocenters. The van der Waals surface area contributed by atoms with Crippen molar-refractivity contribution < 1.29 is 4.74 Å². The lowest BCUT2D eigenvalue weighted by atomic mass is 10.1. The standard InChI is InChI=1S/C13H15ClN2O/c1-2-17-12-5-3-11(4-6-12)13(14)9-16-8-7-15-10-16/h3-8,10,13H,2,9H2,1H3. The lowest BCUT2D eigenvalue weighted by Crippen LogP contribution is -2.02. The number of aromatic nitrogens is 2. The van der Waals surface area contributed by atoms with Gasteiger partial charge >= 0.3 is 0 Å². The number of halogens is 1. The molecule has 1 aromatic carbocycles. The van der Waals surface area contributed by atoms with E-state index in [0.29, 0.717) is 6.61 Å². The average molecular weight is 251 g/mol. The van der Waals surface area contributed by atoms with Crippen LogP contribution in [0.25, 0.3) is 0 Å². The first-order valence-electron chi connectivity index (χ1n) is 5.62. The van der Waals surface area contributed by atoms with Gasteiger partial charge in [0, 0.05) is 18.9 Å². The number of imidazole rings is 1. The first-order chi connectivity index (χ1) is 8.29. The van der Waals surface area contributed by atoms with Crippen molar-refractivity contribution in [2.75, 3.05) is 6.61 Å². The third-order valence-corrected chi connectivity index (χ3v) is 2.87. The van der Waals surface area contributed by atoms with Crippen molar-refractivity contribution in [1.29, 1.82) is 0 Å². The Morgan fingerprint density at radius 1 is 1.35 bits per heavy atom. The molecule has 17 heavy (non-hydrogen) atoms. The molecule has 2 rings (SSSR count). The predicted molar refractivity (Wildman–Crippen MR) is 68.4 cm³/mol. The van der Waals surface area contributed by atoms with E-state index >= 15 is 0 Å². The molecule has 0 N–H and O–H groups in total. The molecule has 0 saturated carbocycles. The summed E-state index contributed by atoms with van der Waals surface area (Å²) in [5.74, 6) is 0.878. The molecule has 0 saturated heterocycles. The minimum Gasteiger partial charge on any atom is -0.494 e. The minimum absolute atomic E-state index is 0.0557. The van der Waals surface area contributed by atoms with Gasteiger partial charge in [-0.15, -0.1) is 11.6 Å². The fraction of sp³-hybridized carbons (Fsp3) is 0.308. The summed E-state index contributed by atoms with van der Waals surface area (Å²) in [4.78, 5) is 3.99. The van der Waals surface area contributed by atoms with Gasteiger partial charge in [-0.25, -0.2) is 4.98 Å². The van der Waals surface area contributed by atoms with Crippen LogP contribution in [0.2, 0.25) is 0 Å². The van der Waals surface area contributed by atoms with E-state index in [2.05, 4.69) is 4.98 Å². The summed E-state index contributed by atoms with van der Waals surface area (Å²) in [6, 6.07) is 7.89. The number of nitrogens with zero attached hydrogens (tertiary/aromatic N) is 2. The summed E-state index contributed by atoms with van der Waals surface area (Å²) in [5, 5.41) is -0.0557. The van der Waals surface area contributed by atoms with Crippen LogP contribution in [0.4, 0.5) is 0 Å². The van der Waals surface area contributed by atoms with Crippen LogP contribution in [-0.2, 0) is 6.54 Å². The van der Waals surface area contributed by atoms with Crippen LogP contribution in [0, 0.1) is 0 Å². The van der Waals surface area contributed by atoms with Gasteiger partial charge in [-0.1, -0.05) is 12.1 Å². The molecule has 0 aliphatic rings. The van der Waals surface area contributed by atoms with E-state index in [1.165, 1.54) is 0 Å². The molecule has 90 valence electrons. The van der Waals surface area contributed by atoms with Gasteiger partial charge in [-0.05, 0) is 24.6 Å². The first kappa shape index (κ1) is 12.0. The predicted octanol–water partition coefficient (Wildman–Crippen LogP) is 3.26. The van der Waals surface area contributed by atoms with E-state index in [0.717, 1.165) is 17.9 Å². The molecule has 2 aromatic rings. The van der Waals surface area contributed by atoms with Crippen LogP contribution in [0.5, 0.6) is 5.75 Å². The highest BCUT2D eigenvalue weighted by Gasteiger charge is 2.08. The van der Waals surface area contributed by atoms with Crippen LogP contribution in [-0.4, -0.2) is 16.2 Å². The van der Waals surface area contributed by atoms with Crippen molar-refractivity contribution in [2.45, 2.75) is 18.8 Å². The zero-order valence-electron chi connectivity index (χ0n) is 9.71. The topological polar surface area (TPSA) is 27.1 Å². The molecule has 0 fully saturated rings. The SMILES string of the molecule is CCOc1ccc(C(Cl)Cn2ccnc2)cc1. The van der Waals surface area contributed by atoms with Gasteiger partial charge in [-0.3, -0.25) is 0 Å². The maximum Gasteiger partial charge on any atom is 0.119 e. The Morgan fingerprint density at radius 2 is 2.12 bits per heavy atom. The summed E-state index contributed by atoms with van der Waals surface area (Å²) in [5.41, 5.74) is 1.09. The number of benzene rings is 1. The second-order valence-electron chi connectivity index (χ2n) is 3.73. The van der Waals surface area contributed by atoms with Gasteiger partial charge in [0.05, 0.1) is 18.3 Å². The molecule has 0 radical (unpaired) electrons.